The Hall–Kier alpha value is -1.28. The third-order valence-corrected chi connectivity index (χ3v) is 4.23. The topological polar surface area (TPSA) is 24.1 Å². The van der Waals surface area contributed by atoms with E-state index in [4.69, 9.17) is 0 Å². The van der Waals surface area contributed by atoms with Gasteiger partial charge in [0.1, 0.15) is 0 Å². The van der Waals surface area contributed by atoms with E-state index < -0.39 is 23.5 Å². The maximum atomic E-state index is 12.8. The Kier molecular flexibility index (Phi) is 5.80. The number of hydrogen-bond donors (Lipinski definition) is 2. The maximum absolute atomic E-state index is 12.8. The second-order valence-corrected chi connectivity index (χ2v) is 6.08. The van der Waals surface area contributed by atoms with E-state index in [1.54, 1.807) is 0 Å². The van der Waals surface area contributed by atoms with E-state index in [-0.39, 0.29) is 24.2 Å². The fourth-order valence-electron chi connectivity index (χ4n) is 2.89. The van der Waals surface area contributed by atoms with Crippen LogP contribution in [0.15, 0.2) is 18.2 Å². The Morgan fingerprint density at radius 3 is 2.12 bits per heavy atom. The number of rotatable bonds is 4. The maximum Gasteiger partial charge on any atom is 0.416 e. The van der Waals surface area contributed by atoms with E-state index in [0.717, 1.165) is 37.9 Å². The molecule has 8 heteroatoms. The average Bonchev–Trinajstić information content (AvgIpc) is 2.51. The van der Waals surface area contributed by atoms with E-state index in [1.807, 2.05) is 6.92 Å². The third kappa shape index (κ3) is 5.11. The predicted molar refractivity (Wildman–Crippen MR) is 78.4 cm³/mol. The lowest BCUT2D eigenvalue weighted by atomic mass is 9.97. The fraction of sp³-hybridized carbons (Fsp3) is 0.625. The van der Waals surface area contributed by atoms with Gasteiger partial charge in [0.15, 0.2) is 0 Å². The Labute approximate surface area is 136 Å². The lowest BCUT2D eigenvalue weighted by Crippen LogP contribution is -2.45. The molecule has 0 amide bonds. The zero-order chi connectivity index (χ0) is 18.0. The molecule has 0 bridgehead atoms. The molecule has 0 saturated carbocycles. The van der Waals surface area contributed by atoms with Crippen molar-refractivity contribution in [1.29, 1.82) is 0 Å². The molecule has 1 aliphatic heterocycles. The summed E-state index contributed by atoms with van der Waals surface area (Å²) in [6.45, 7) is 2.79. The molecule has 2 rings (SSSR count). The van der Waals surface area contributed by atoms with Crippen LogP contribution in [0, 0.1) is 0 Å². The highest BCUT2D eigenvalue weighted by molar-refractivity contribution is 5.33. The molecule has 1 fully saturated rings. The summed E-state index contributed by atoms with van der Waals surface area (Å²) in [5, 5.41) is 6.40. The minimum Gasteiger partial charge on any atom is -0.314 e. The number of alkyl halides is 6. The molecule has 1 aliphatic rings. The van der Waals surface area contributed by atoms with Crippen LogP contribution >= 0.6 is 0 Å². The number of benzene rings is 1. The first-order chi connectivity index (χ1) is 11.1. The van der Waals surface area contributed by atoms with Gasteiger partial charge in [-0.05, 0) is 49.6 Å². The summed E-state index contributed by atoms with van der Waals surface area (Å²) >= 11 is 0. The van der Waals surface area contributed by atoms with E-state index >= 15 is 0 Å². The largest absolute Gasteiger partial charge is 0.416 e. The highest BCUT2D eigenvalue weighted by Crippen LogP contribution is 2.36. The zero-order valence-electron chi connectivity index (χ0n) is 13.2. The van der Waals surface area contributed by atoms with Crippen LogP contribution in [0.4, 0.5) is 26.3 Å². The van der Waals surface area contributed by atoms with E-state index in [1.165, 1.54) is 0 Å². The SMILES string of the molecule is CCC1CC(NCc2cc(C(F)(F)F)cc(C(F)(F)F)c2)CCN1. The molecule has 2 unspecified atom stereocenters. The summed E-state index contributed by atoms with van der Waals surface area (Å²) in [7, 11) is 0. The number of piperidine rings is 1. The average molecular weight is 354 g/mol. The van der Waals surface area contributed by atoms with Gasteiger partial charge in [0.05, 0.1) is 11.1 Å². The zero-order valence-corrected chi connectivity index (χ0v) is 13.2. The summed E-state index contributed by atoms with van der Waals surface area (Å²) in [6.07, 6.45) is -7.08. The van der Waals surface area contributed by atoms with Gasteiger partial charge < -0.3 is 10.6 Å². The first-order valence-corrected chi connectivity index (χ1v) is 7.84. The molecule has 24 heavy (non-hydrogen) atoms. The quantitative estimate of drug-likeness (QED) is 0.786. The lowest BCUT2D eigenvalue weighted by molar-refractivity contribution is -0.143. The summed E-state index contributed by atoms with van der Waals surface area (Å²) in [4.78, 5) is 0. The van der Waals surface area contributed by atoms with E-state index in [2.05, 4.69) is 10.6 Å². The Morgan fingerprint density at radius 1 is 1.04 bits per heavy atom. The van der Waals surface area contributed by atoms with E-state index in [9.17, 15) is 26.3 Å². The van der Waals surface area contributed by atoms with Gasteiger partial charge in [0.25, 0.3) is 0 Å². The summed E-state index contributed by atoms with van der Waals surface area (Å²) in [6, 6.07) is 2.12. The summed E-state index contributed by atoms with van der Waals surface area (Å²) in [5.74, 6) is 0. The van der Waals surface area contributed by atoms with Crippen molar-refractivity contribution >= 4 is 0 Å². The van der Waals surface area contributed by atoms with Gasteiger partial charge in [0, 0.05) is 18.6 Å². The Balaban J connectivity index is 2.14. The van der Waals surface area contributed by atoms with Crippen LogP contribution in [0.2, 0.25) is 0 Å². The molecule has 1 aromatic carbocycles. The van der Waals surface area contributed by atoms with Crippen LogP contribution in [0.5, 0.6) is 0 Å². The van der Waals surface area contributed by atoms with Gasteiger partial charge >= 0.3 is 12.4 Å². The molecular formula is C16H20F6N2. The monoisotopic (exact) mass is 354 g/mol. The van der Waals surface area contributed by atoms with Crippen LogP contribution in [0.1, 0.15) is 42.9 Å². The third-order valence-electron chi connectivity index (χ3n) is 4.23. The van der Waals surface area contributed by atoms with Crippen LogP contribution in [-0.4, -0.2) is 18.6 Å². The van der Waals surface area contributed by atoms with E-state index in [0.29, 0.717) is 6.04 Å². The molecule has 0 aliphatic carbocycles. The predicted octanol–water partition coefficient (Wildman–Crippen LogP) is 4.34. The van der Waals surface area contributed by atoms with Crippen molar-refractivity contribution < 1.29 is 26.3 Å². The van der Waals surface area contributed by atoms with Crippen molar-refractivity contribution in [2.24, 2.45) is 0 Å². The molecule has 0 radical (unpaired) electrons. The highest BCUT2D eigenvalue weighted by Gasteiger charge is 2.36. The van der Waals surface area contributed by atoms with Crippen molar-refractivity contribution in [1.82, 2.24) is 10.6 Å². The highest BCUT2D eigenvalue weighted by atomic mass is 19.4. The molecule has 1 aromatic rings. The van der Waals surface area contributed by atoms with Crippen LogP contribution in [0.3, 0.4) is 0 Å². The van der Waals surface area contributed by atoms with Crippen molar-refractivity contribution in [2.45, 2.75) is 57.2 Å². The van der Waals surface area contributed by atoms with Crippen molar-refractivity contribution in [3.63, 3.8) is 0 Å². The number of nitrogens with one attached hydrogen (secondary N) is 2. The molecule has 136 valence electrons. The second-order valence-electron chi connectivity index (χ2n) is 6.08. The van der Waals surface area contributed by atoms with Gasteiger partial charge in [0.2, 0.25) is 0 Å². The number of hydrogen-bond acceptors (Lipinski definition) is 2. The molecule has 1 heterocycles. The standard InChI is InChI=1S/C16H20F6N2/c1-2-13-8-14(3-4-23-13)24-9-10-5-11(15(17,18)19)7-12(6-10)16(20,21)22/h5-7,13-14,23-24H,2-4,8-9H2,1H3. The second kappa shape index (κ2) is 7.31. The molecule has 2 N–H and O–H groups in total. The van der Waals surface area contributed by atoms with Crippen LogP contribution in [0.25, 0.3) is 0 Å². The van der Waals surface area contributed by atoms with Gasteiger partial charge in [-0.1, -0.05) is 6.92 Å². The fourth-order valence-corrected chi connectivity index (χ4v) is 2.89. The molecular weight excluding hydrogens is 334 g/mol. The molecule has 1 saturated heterocycles. The Bertz CT molecular complexity index is 520. The van der Waals surface area contributed by atoms with Crippen molar-refractivity contribution in [3.05, 3.63) is 34.9 Å². The molecule has 0 spiro atoms. The van der Waals surface area contributed by atoms with Gasteiger partial charge in [-0.2, -0.15) is 26.3 Å². The van der Waals surface area contributed by atoms with Crippen LogP contribution in [-0.2, 0) is 18.9 Å². The Morgan fingerprint density at radius 2 is 1.62 bits per heavy atom. The van der Waals surface area contributed by atoms with Gasteiger partial charge in [-0.15, -0.1) is 0 Å². The molecule has 2 atom stereocenters. The molecule has 2 nitrogen and oxygen atoms in total. The summed E-state index contributed by atoms with van der Waals surface area (Å²) in [5.41, 5.74) is -2.56. The molecule has 0 aromatic heterocycles. The van der Waals surface area contributed by atoms with Gasteiger partial charge in [-0.3, -0.25) is 0 Å². The lowest BCUT2D eigenvalue weighted by Gasteiger charge is -2.30. The van der Waals surface area contributed by atoms with Crippen LogP contribution < -0.4 is 10.6 Å². The van der Waals surface area contributed by atoms with Crippen molar-refractivity contribution in [3.8, 4) is 0 Å². The van der Waals surface area contributed by atoms with Gasteiger partial charge in [-0.25, -0.2) is 0 Å². The van der Waals surface area contributed by atoms with Crippen molar-refractivity contribution in [2.75, 3.05) is 6.54 Å². The first kappa shape index (κ1) is 19.1. The smallest absolute Gasteiger partial charge is 0.314 e. The number of halogens is 6. The first-order valence-electron chi connectivity index (χ1n) is 7.84. The minimum absolute atomic E-state index is 0.0104. The summed E-state index contributed by atoms with van der Waals surface area (Å²) < 4.78 is 77.0. The minimum atomic E-state index is -4.81. The normalized spacial score (nSPS) is 22.6.